The molecule has 3 rings (SSSR count). The number of nitrogens with two attached hydrogens (primary N) is 1. The topological polar surface area (TPSA) is 41.6 Å². The number of guanidine groups is 1. The first-order valence-electron chi connectivity index (χ1n) is 6.78. The van der Waals surface area contributed by atoms with Crippen molar-refractivity contribution < 1.29 is 4.39 Å². The first kappa shape index (κ1) is 12.5. The number of nitrogens with zero attached hydrogens (tertiary/aromatic N) is 2. The molecule has 0 saturated heterocycles. The number of hydrogen-bond acceptors (Lipinski definition) is 3. The van der Waals surface area contributed by atoms with Gasteiger partial charge in [0.2, 0.25) is 0 Å². The Morgan fingerprint density at radius 1 is 1.26 bits per heavy atom. The Morgan fingerprint density at radius 2 is 2.00 bits per heavy atom. The molecule has 0 radical (unpaired) electrons. The largest absolute Gasteiger partial charge is 0.369 e. The summed E-state index contributed by atoms with van der Waals surface area (Å²) in [5.41, 5.74) is 6.73. The highest BCUT2D eigenvalue weighted by Crippen LogP contribution is 2.49. The second-order valence-corrected chi connectivity index (χ2v) is 6.53. The molecule has 2 N–H and O–H groups in total. The lowest BCUT2D eigenvalue weighted by atomic mass is 9.87. The van der Waals surface area contributed by atoms with Gasteiger partial charge in [-0.25, -0.2) is 4.39 Å². The molecule has 0 aromatic heterocycles. The van der Waals surface area contributed by atoms with Crippen molar-refractivity contribution in [3.05, 3.63) is 30.1 Å². The van der Waals surface area contributed by atoms with Gasteiger partial charge in [0.25, 0.3) is 0 Å². The van der Waals surface area contributed by atoms with Crippen molar-refractivity contribution in [3.8, 4) is 0 Å². The Bertz CT molecular complexity index is 538. The predicted octanol–water partition coefficient (Wildman–Crippen LogP) is 2.91. The van der Waals surface area contributed by atoms with Crippen molar-refractivity contribution in [2.75, 3.05) is 11.4 Å². The van der Waals surface area contributed by atoms with Crippen LogP contribution in [-0.2, 0) is 0 Å². The maximum atomic E-state index is 14.1. The van der Waals surface area contributed by atoms with Crippen LogP contribution in [0.4, 0.5) is 10.1 Å². The molecule has 1 atom stereocenters. The van der Waals surface area contributed by atoms with E-state index < -0.39 is 0 Å². The zero-order valence-electron chi connectivity index (χ0n) is 11.5. The predicted molar refractivity (Wildman–Crippen MR) is 75.7 cm³/mol. The second-order valence-electron chi connectivity index (χ2n) is 6.53. The van der Waals surface area contributed by atoms with E-state index in [1.165, 1.54) is 6.07 Å². The monoisotopic (exact) mass is 261 g/mol. The molecule has 2 aliphatic rings. The van der Waals surface area contributed by atoms with Gasteiger partial charge < -0.3 is 10.6 Å². The van der Waals surface area contributed by atoms with E-state index in [2.05, 4.69) is 18.8 Å². The molecule has 102 valence electrons. The van der Waals surface area contributed by atoms with Gasteiger partial charge in [-0.3, -0.25) is 4.99 Å². The van der Waals surface area contributed by atoms with Gasteiger partial charge in [-0.2, -0.15) is 0 Å². The molecule has 0 amide bonds. The summed E-state index contributed by atoms with van der Waals surface area (Å²) in [7, 11) is 0. The van der Waals surface area contributed by atoms with Crippen LogP contribution in [0.15, 0.2) is 29.3 Å². The molecule has 4 heteroatoms. The van der Waals surface area contributed by atoms with E-state index in [9.17, 15) is 4.39 Å². The highest BCUT2D eigenvalue weighted by atomic mass is 19.1. The van der Waals surface area contributed by atoms with Crippen molar-refractivity contribution in [1.82, 2.24) is 0 Å². The van der Waals surface area contributed by atoms with Gasteiger partial charge in [0.15, 0.2) is 5.96 Å². The zero-order chi connectivity index (χ0) is 13.7. The van der Waals surface area contributed by atoms with Gasteiger partial charge in [0.1, 0.15) is 5.82 Å². The Hall–Kier alpha value is -1.58. The number of hydrogen-bond donors (Lipinski definition) is 1. The molecule has 19 heavy (non-hydrogen) atoms. The smallest absolute Gasteiger partial charge is 0.196 e. The fourth-order valence-corrected chi connectivity index (χ4v) is 3.59. The van der Waals surface area contributed by atoms with Crippen LogP contribution in [0.3, 0.4) is 0 Å². The third kappa shape index (κ3) is 1.90. The fraction of sp³-hybridized carbons (Fsp3) is 0.533. The van der Waals surface area contributed by atoms with Gasteiger partial charge in [-0.05, 0) is 36.8 Å². The molecule has 1 aromatic carbocycles. The van der Waals surface area contributed by atoms with Crippen molar-refractivity contribution in [1.29, 1.82) is 0 Å². The van der Waals surface area contributed by atoms with E-state index in [0.29, 0.717) is 18.2 Å². The van der Waals surface area contributed by atoms with E-state index >= 15 is 0 Å². The van der Waals surface area contributed by atoms with E-state index in [1.54, 1.807) is 12.1 Å². The molecule has 1 aliphatic carbocycles. The van der Waals surface area contributed by atoms with Gasteiger partial charge >= 0.3 is 0 Å². The van der Waals surface area contributed by atoms with Crippen molar-refractivity contribution in [2.24, 2.45) is 16.1 Å². The molecule has 1 heterocycles. The van der Waals surface area contributed by atoms with Crippen LogP contribution in [0.2, 0.25) is 0 Å². The minimum atomic E-state index is -0.230. The fourth-order valence-electron chi connectivity index (χ4n) is 3.59. The molecule has 0 bridgehead atoms. The SMILES string of the molecule is CC1(C)CCC2(CN=C(N)N2c2ccccc2F)C1. The second kappa shape index (κ2) is 3.95. The van der Waals surface area contributed by atoms with E-state index in [0.717, 1.165) is 19.3 Å². The standard InChI is InChI=1S/C15H20FN3/c1-14(2)7-8-15(9-14)10-18-13(17)19(15)12-6-4-3-5-11(12)16/h3-6H,7-10H2,1-2H3,(H2,17,18). The number of halogens is 1. The average molecular weight is 261 g/mol. The summed E-state index contributed by atoms with van der Waals surface area (Å²) in [6.45, 7) is 5.20. The number of benzene rings is 1. The van der Waals surface area contributed by atoms with Crippen molar-refractivity contribution >= 4 is 11.6 Å². The number of para-hydroxylation sites is 1. The molecule has 1 aromatic rings. The Labute approximate surface area is 113 Å². The number of anilines is 1. The first-order chi connectivity index (χ1) is 8.94. The van der Waals surface area contributed by atoms with Crippen LogP contribution in [0, 0.1) is 11.2 Å². The van der Waals surface area contributed by atoms with Crippen molar-refractivity contribution in [3.63, 3.8) is 0 Å². The normalized spacial score (nSPS) is 29.0. The summed E-state index contributed by atoms with van der Waals surface area (Å²) >= 11 is 0. The summed E-state index contributed by atoms with van der Waals surface area (Å²) in [6.07, 6.45) is 3.14. The maximum absolute atomic E-state index is 14.1. The van der Waals surface area contributed by atoms with Crippen LogP contribution in [0.25, 0.3) is 0 Å². The average Bonchev–Trinajstić information content (AvgIpc) is 2.82. The van der Waals surface area contributed by atoms with Crippen LogP contribution in [-0.4, -0.2) is 18.0 Å². The minimum absolute atomic E-state index is 0.129. The maximum Gasteiger partial charge on any atom is 0.196 e. The molecule has 1 fully saturated rings. The lowest BCUT2D eigenvalue weighted by molar-refractivity contribution is 0.345. The van der Waals surface area contributed by atoms with E-state index in [4.69, 9.17) is 5.73 Å². The Morgan fingerprint density at radius 3 is 2.63 bits per heavy atom. The molecule has 1 unspecified atom stereocenters. The van der Waals surface area contributed by atoms with Gasteiger partial charge in [0, 0.05) is 0 Å². The molecular formula is C15H20FN3. The van der Waals surface area contributed by atoms with Crippen LogP contribution in [0.5, 0.6) is 0 Å². The van der Waals surface area contributed by atoms with E-state index in [-0.39, 0.29) is 16.8 Å². The Balaban J connectivity index is 2.03. The Kier molecular flexibility index (Phi) is 2.59. The highest BCUT2D eigenvalue weighted by Gasteiger charge is 2.51. The number of rotatable bonds is 1. The summed E-state index contributed by atoms with van der Waals surface area (Å²) in [4.78, 5) is 6.32. The third-order valence-corrected chi connectivity index (χ3v) is 4.41. The zero-order valence-corrected chi connectivity index (χ0v) is 11.5. The first-order valence-corrected chi connectivity index (χ1v) is 6.78. The van der Waals surface area contributed by atoms with Crippen LogP contribution >= 0.6 is 0 Å². The summed E-state index contributed by atoms with van der Waals surface area (Å²) < 4.78 is 14.1. The summed E-state index contributed by atoms with van der Waals surface area (Å²) in [6, 6.07) is 6.82. The van der Waals surface area contributed by atoms with Gasteiger partial charge in [-0.15, -0.1) is 0 Å². The lowest BCUT2D eigenvalue weighted by Gasteiger charge is -2.37. The summed E-state index contributed by atoms with van der Waals surface area (Å²) in [5.74, 6) is 0.217. The highest BCUT2D eigenvalue weighted by molar-refractivity contribution is 5.98. The van der Waals surface area contributed by atoms with Crippen LogP contribution < -0.4 is 10.6 Å². The molecule has 3 nitrogen and oxygen atoms in total. The molecular weight excluding hydrogens is 241 g/mol. The molecule has 1 saturated carbocycles. The molecule has 1 aliphatic heterocycles. The summed E-state index contributed by atoms with van der Waals surface area (Å²) in [5, 5.41) is 0. The van der Waals surface area contributed by atoms with Crippen LogP contribution in [0.1, 0.15) is 33.1 Å². The van der Waals surface area contributed by atoms with Gasteiger partial charge in [-0.1, -0.05) is 26.0 Å². The quantitative estimate of drug-likeness (QED) is 0.844. The third-order valence-electron chi connectivity index (χ3n) is 4.41. The minimum Gasteiger partial charge on any atom is -0.369 e. The number of aliphatic imine (C=N–C) groups is 1. The van der Waals surface area contributed by atoms with E-state index in [1.807, 2.05) is 11.0 Å². The molecule has 1 spiro atoms. The van der Waals surface area contributed by atoms with Gasteiger partial charge in [0.05, 0.1) is 17.8 Å². The lowest BCUT2D eigenvalue weighted by Crippen LogP contribution is -2.51. The van der Waals surface area contributed by atoms with Crippen molar-refractivity contribution in [2.45, 2.75) is 38.6 Å².